The zero-order valence-electron chi connectivity index (χ0n) is 17.7. The molecular weight excluding hydrogens is 380 g/mol. The average molecular weight is 408 g/mol. The minimum Gasteiger partial charge on any atom is -0.494 e. The third-order valence-corrected chi connectivity index (χ3v) is 4.62. The highest BCUT2D eigenvalue weighted by atomic mass is 16.5. The number of amides is 2. The van der Waals surface area contributed by atoms with Gasteiger partial charge in [-0.05, 0) is 44.9 Å². The molecule has 6 heteroatoms. The van der Waals surface area contributed by atoms with Gasteiger partial charge < -0.3 is 14.8 Å². The summed E-state index contributed by atoms with van der Waals surface area (Å²) in [5.41, 5.74) is 2.06. The van der Waals surface area contributed by atoms with Crippen LogP contribution in [0.5, 0.6) is 5.75 Å². The number of benzene rings is 2. The van der Waals surface area contributed by atoms with Crippen LogP contribution in [-0.4, -0.2) is 42.6 Å². The molecule has 3 rings (SSSR count). The lowest BCUT2D eigenvalue weighted by atomic mass is 10.0. The molecule has 6 nitrogen and oxygen atoms in total. The van der Waals surface area contributed by atoms with Gasteiger partial charge in [0, 0.05) is 24.9 Å². The fourth-order valence-corrected chi connectivity index (χ4v) is 3.28. The van der Waals surface area contributed by atoms with Gasteiger partial charge in [-0.2, -0.15) is 0 Å². The largest absolute Gasteiger partial charge is 0.494 e. The predicted octanol–water partition coefficient (Wildman–Crippen LogP) is 4.09. The van der Waals surface area contributed by atoms with Gasteiger partial charge in [0.25, 0.3) is 11.8 Å². The monoisotopic (exact) mass is 408 g/mol. The predicted molar refractivity (Wildman–Crippen MR) is 117 cm³/mol. The highest BCUT2D eigenvalue weighted by molar-refractivity contribution is 6.36. The number of rotatable bonds is 10. The summed E-state index contributed by atoms with van der Waals surface area (Å²) in [6, 6.07) is 16.6. The van der Waals surface area contributed by atoms with E-state index in [1.807, 2.05) is 75.4 Å². The van der Waals surface area contributed by atoms with Crippen molar-refractivity contribution in [2.24, 2.45) is 0 Å². The second kappa shape index (κ2) is 10.1. The molecule has 0 saturated heterocycles. The van der Waals surface area contributed by atoms with E-state index >= 15 is 0 Å². The van der Waals surface area contributed by atoms with Gasteiger partial charge in [-0.25, -0.2) is 0 Å². The van der Waals surface area contributed by atoms with Crippen molar-refractivity contribution in [2.45, 2.75) is 33.3 Å². The number of carbonyl (C=O) groups is 2. The van der Waals surface area contributed by atoms with Gasteiger partial charge in [-0.1, -0.05) is 36.4 Å². The van der Waals surface area contributed by atoms with E-state index in [9.17, 15) is 9.59 Å². The summed E-state index contributed by atoms with van der Waals surface area (Å²) in [5, 5.41) is 3.16. The summed E-state index contributed by atoms with van der Waals surface area (Å²) >= 11 is 0. The molecule has 2 aromatic rings. The van der Waals surface area contributed by atoms with Crippen LogP contribution in [0.15, 0.2) is 60.3 Å². The van der Waals surface area contributed by atoms with Crippen molar-refractivity contribution >= 4 is 23.1 Å². The van der Waals surface area contributed by atoms with Crippen molar-refractivity contribution in [3.63, 3.8) is 0 Å². The third-order valence-electron chi connectivity index (χ3n) is 4.62. The molecule has 0 fully saturated rings. The first kappa shape index (κ1) is 21.6. The van der Waals surface area contributed by atoms with Crippen molar-refractivity contribution in [2.75, 3.05) is 25.1 Å². The van der Waals surface area contributed by atoms with E-state index in [0.717, 1.165) is 0 Å². The minimum absolute atomic E-state index is 0.114. The summed E-state index contributed by atoms with van der Waals surface area (Å²) < 4.78 is 11.1. The molecule has 1 heterocycles. The number of hydrogen-bond donors (Lipinski definition) is 1. The van der Waals surface area contributed by atoms with Crippen LogP contribution >= 0.6 is 0 Å². The molecule has 0 aromatic heterocycles. The van der Waals surface area contributed by atoms with Gasteiger partial charge in [-0.3, -0.25) is 14.5 Å². The minimum atomic E-state index is -0.329. The topological polar surface area (TPSA) is 67.9 Å². The summed E-state index contributed by atoms with van der Waals surface area (Å²) in [6.45, 7) is 7.18. The Morgan fingerprint density at radius 3 is 2.47 bits per heavy atom. The first-order valence-corrected chi connectivity index (χ1v) is 10.3. The van der Waals surface area contributed by atoms with Crippen LogP contribution in [0, 0.1) is 0 Å². The first-order valence-electron chi connectivity index (χ1n) is 10.3. The van der Waals surface area contributed by atoms with Crippen molar-refractivity contribution < 1.29 is 19.1 Å². The maximum Gasteiger partial charge on any atom is 0.278 e. The molecule has 158 valence electrons. The van der Waals surface area contributed by atoms with Crippen LogP contribution in [0.2, 0.25) is 0 Å². The van der Waals surface area contributed by atoms with Crippen LogP contribution in [0.1, 0.15) is 32.8 Å². The molecule has 0 aliphatic carbocycles. The normalized spacial score (nSPS) is 14.1. The third kappa shape index (κ3) is 5.07. The number of ether oxygens (including phenoxy) is 2. The molecule has 2 aromatic carbocycles. The lowest BCUT2D eigenvalue weighted by Gasteiger charge is -2.16. The Hall–Kier alpha value is -3.12. The Balaban J connectivity index is 1.87. The number of nitrogens with zero attached hydrogens (tertiary/aromatic N) is 1. The van der Waals surface area contributed by atoms with Crippen molar-refractivity contribution in [3.05, 3.63) is 65.9 Å². The molecular formula is C24H28N2O4. The second-order valence-corrected chi connectivity index (χ2v) is 7.24. The molecule has 1 aliphatic rings. The molecule has 0 spiro atoms. The fourth-order valence-electron chi connectivity index (χ4n) is 3.28. The standard InChI is InChI=1S/C24H28N2O4/c1-4-29-20-13-8-12-19(16-20)25-22-21(18-10-6-5-7-11-18)23(27)26(24(22)28)14-9-15-30-17(2)3/h5-8,10-13,16-17,25H,4,9,14-15H2,1-3H3. The molecule has 0 bridgehead atoms. The van der Waals surface area contributed by atoms with Crippen LogP contribution in [-0.2, 0) is 14.3 Å². The number of nitrogens with one attached hydrogen (secondary N) is 1. The number of anilines is 1. The van der Waals surface area contributed by atoms with Crippen LogP contribution in [0.25, 0.3) is 5.57 Å². The van der Waals surface area contributed by atoms with E-state index in [2.05, 4.69) is 5.32 Å². The zero-order valence-corrected chi connectivity index (χ0v) is 17.7. The van der Waals surface area contributed by atoms with E-state index in [1.165, 1.54) is 4.90 Å². The van der Waals surface area contributed by atoms with Crippen molar-refractivity contribution in [3.8, 4) is 5.75 Å². The summed E-state index contributed by atoms with van der Waals surface area (Å²) in [5.74, 6) is 0.0771. The van der Waals surface area contributed by atoms with Crippen LogP contribution in [0.3, 0.4) is 0 Å². The lowest BCUT2D eigenvalue weighted by Crippen LogP contribution is -2.34. The SMILES string of the molecule is CCOc1cccc(NC2=C(c3ccccc3)C(=O)N(CCCOC(C)C)C2=O)c1. The summed E-state index contributed by atoms with van der Waals surface area (Å²) in [7, 11) is 0. The van der Waals surface area contributed by atoms with Gasteiger partial charge in [-0.15, -0.1) is 0 Å². The van der Waals surface area contributed by atoms with Crippen molar-refractivity contribution in [1.82, 2.24) is 4.90 Å². The quantitative estimate of drug-likeness (QED) is 0.474. The van der Waals surface area contributed by atoms with E-state index in [1.54, 1.807) is 0 Å². The Morgan fingerprint density at radius 2 is 1.77 bits per heavy atom. The first-order chi connectivity index (χ1) is 14.5. The second-order valence-electron chi connectivity index (χ2n) is 7.24. The maximum absolute atomic E-state index is 13.2. The van der Waals surface area contributed by atoms with Gasteiger partial charge >= 0.3 is 0 Å². The summed E-state index contributed by atoms with van der Waals surface area (Å²) in [4.78, 5) is 27.6. The van der Waals surface area contributed by atoms with E-state index in [0.29, 0.717) is 48.8 Å². The Labute approximate surface area is 177 Å². The van der Waals surface area contributed by atoms with Gasteiger partial charge in [0.15, 0.2) is 0 Å². The van der Waals surface area contributed by atoms with E-state index < -0.39 is 0 Å². The average Bonchev–Trinajstić information content (AvgIpc) is 2.96. The smallest absolute Gasteiger partial charge is 0.278 e. The van der Waals surface area contributed by atoms with Crippen LogP contribution in [0.4, 0.5) is 5.69 Å². The molecule has 30 heavy (non-hydrogen) atoms. The molecule has 0 atom stereocenters. The Morgan fingerprint density at radius 1 is 1.00 bits per heavy atom. The molecule has 1 N–H and O–H groups in total. The highest BCUT2D eigenvalue weighted by Gasteiger charge is 2.38. The van der Waals surface area contributed by atoms with Gasteiger partial charge in [0.2, 0.25) is 0 Å². The number of hydrogen-bond acceptors (Lipinski definition) is 5. The summed E-state index contributed by atoms with van der Waals surface area (Å²) in [6.07, 6.45) is 0.702. The number of carbonyl (C=O) groups excluding carboxylic acids is 2. The molecule has 1 aliphatic heterocycles. The van der Waals surface area contributed by atoms with Gasteiger partial charge in [0.1, 0.15) is 11.4 Å². The Kier molecular flexibility index (Phi) is 7.25. The zero-order chi connectivity index (χ0) is 21.5. The molecule has 0 saturated carbocycles. The molecule has 0 radical (unpaired) electrons. The van der Waals surface area contributed by atoms with Crippen molar-refractivity contribution in [1.29, 1.82) is 0 Å². The molecule has 0 unspecified atom stereocenters. The molecule has 2 amide bonds. The highest BCUT2D eigenvalue weighted by Crippen LogP contribution is 2.31. The number of imide groups is 1. The Bertz CT molecular complexity index is 922. The van der Waals surface area contributed by atoms with Gasteiger partial charge in [0.05, 0.1) is 18.3 Å². The van der Waals surface area contributed by atoms with E-state index in [-0.39, 0.29) is 23.6 Å². The maximum atomic E-state index is 13.2. The van der Waals surface area contributed by atoms with E-state index in [4.69, 9.17) is 9.47 Å². The fraction of sp³-hybridized carbons (Fsp3) is 0.333. The van der Waals surface area contributed by atoms with Crippen LogP contribution < -0.4 is 10.1 Å². The lowest BCUT2D eigenvalue weighted by molar-refractivity contribution is -0.137.